The van der Waals surface area contributed by atoms with Crippen LogP contribution < -0.4 is 19.5 Å². The van der Waals surface area contributed by atoms with E-state index in [2.05, 4.69) is 5.32 Å². The molecule has 6 nitrogen and oxygen atoms in total. The average molecular weight is 428 g/mol. The van der Waals surface area contributed by atoms with Crippen LogP contribution in [0.2, 0.25) is 0 Å². The van der Waals surface area contributed by atoms with Crippen molar-refractivity contribution in [2.24, 2.45) is 0 Å². The van der Waals surface area contributed by atoms with Gasteiger partial charge >= 0.3 is 0 Å². The number of nitrogens with zero attached hydrogens (tertiary/aromatic N) is 1. The van der Waals surface area contributed by atoms with Crippen LogP contribution in [0.25, 0.3) is 6.08 Å². The lowest BCUT2D eigenvalue weighted by Gasteiger charge is -2.09. The molecule has 0 fully saturated rings. The molecule has 6 heteroatoms. The fourth-order valence-corrected chi connectivity index (χ4v) is 2.95. The molecule has 1 amide bonds. The summed E-state index contributed by atoms with van der Waals surface area (Å²) in [5.41, 5.74) is 2.80. The molecule has 0 bridgehead atoms. The molecule has 3 rings (SSSR count). The van der Waals surface area contributed by atoms with Gasteiger partial charge < -0.3 is 19.5 Å². The predicted molar refractivity (Wildman–Crippen MR) is 122 cm³/mol. The Labute approximate surface area is 187 Å². The van der Waals surface area contributed by atoms with Crippen LogP contribution in [-0.2, 0) is 17.9 Å². The van der Waals surface area contributed by atoms with Crippen molar-refractivity contribution in [3.05, 3.63) is 95.6 Å². The van der Waals surface area contributed by atoms with E-state index in [9.17, 15) is 4.79 Å². The molecule has 0 radical (unpaired) electrons. The third-order valence-electron chi connectivity index (χ3n) is 4.51. The molecule has 0 aromatic heterocycles. The van der Waals surface area contributed by atoms with Crippen LogP contribution in [0.3, 0.4) is 0 Å². The van der Waals surface area contributed by atoms with E-state index in [1.54, 1.807) is 24.3 Å². The highest BCUT2D eigenvalue weighted by Crippen LogP contribution is 2.28. The molecule has 0 saturated heterocycles. The number of hydrogen-bond donors (Lipinski definition) is 1. The zero-order chi connectivity index (χ0) is 22.6. The topological polar surface area (TPSA) is 80.6 Å². The lowest BCUT2D eigenvalue weighted by Crippen LogP contribution is -2.20. The van der Waals surface area contributed by atoms with Gasteiger partial charge in [0, 0.05) is 12.6 Å². The van der Waals surface area contributed by atoms with Crippen LogP contribution in [0, 0.1) is 11.3 Å². The second kappa shape index (κ2) is 11.8. The number of methoxy groups -OCH3 is 1. The van der Waals surface area contributed by atoms with Gasteiger partial charge in [0.25, 0.3) is 0 Å². The first kappa shape index (κ1) is 22.4. The standard InChI is InChI=1S/C26H24N2O4/c1-30-25-17-20(10-12-24(25)31-15-14-27)11-13-26(29)28-18-21-6-5-7-22(16-21)19-32-23-8-3-2-4-9-23/h2-13,16-17H,15,18-19H2,1H3,(H,28,29)/b13-11+. The highest BCUT2D eigenvalue weighted by Gasteiger charge is 2.05. The molecular formula is C26H24N2O4. The van der Waals surface area contributed by atoms with E-state index >= 15 is 0 Å². The van der Waals surface area contributed by atoms with E-state index in [-0.39, 0.29) is 12.5 Å². The van der Waals surface area contributed by atoms with Crippen molar-refractivity contribution < 1.29 is 19.0 Å². The molecule has 0 spiro atoms. The number of nitrogens with one attached hydrogen (secondary N) is 1. The number of ether oxygens (including phenoxy) is 3. The molecule has 32 heavy (non-hydrogen) atoms. The van der Waals surface area contributed by atoms with Crippen LogP contribution in [0.4, 0.5) is 0 Å². The summed E-state index contributed by atoms with van der Waals surface area (Å²) < 4.78 is 16.3. The molecule has 0 heterocycles. The summed E-state index contributed by atoms with van der Waals surface area (Å²) in [6.07, 6.45) is 3.16. The molecule has 0 aliphatic carbocycles. The number of hydrogen-bond acceptors (Lipinski definition) is 5. The Balaban J connectivity index is 1.52. The van der Waals surface area contributed by atoms with Crippen molar-refractivity contribution in [2.45, 2.75) is 13.2 Å². The van der Waals surface area contributed by atoms with Gasteiger partial charge in [-0.15, -0.1) is 0 Å². The summed E-state index contributed by atoms with van der Waals surface area (Å²) >= 11 is 0. The van der Waals surface area contributed by atoms with E-state index in [1.165, 1.54) is 13.2 Å². The SMILES string of the molecule is COc1cc(/C=C/C(=O)NCc2cccc(COc3ccccc3)c2)ccc1OCC#N. The Bertz CT molecular complexity index is 1100. The summed E-state index contributed by atoms with van der Waals surface area (Å²) in [4.78, 5) is 12.2. The van der Waals surface area contributed by atoms with Crippen LogP contribution >= 0.6 is 0 Å². The van der Waals surface area contributed by atoms with Crippen molar-refractivity contribution in [2.75, 3.05) is 13.7 Å². The monoisotopic (exact) mass is 428 g/mol. The Kier molecular flexibility index (Phi) is 8.29. The average Bonchev–Trinajstić information content (AvgIpc) is 2.84. The van der Waals surface area contributed by atoms with Gasteiger partial charge in [0.1, 0.15) is 18.4 Å². The lowest BCUT2D eigenvalue weighted by atomic mass is 10.1. The van der Waals surface area contributed by atoms with E-state index < -0.39 is 0 Å². The van der Waals surface area contributed by atoms with Crippen LogP contribution in [0.1, 0.15) is 16.7 Å². The molecule has 3 aromatic carbocycles. The molecule has 0 saturated carbocycles. The molecule has 0 atom stereocenters. The second-order valence-corrected chi connectivity index (χ2v) is 6.83. The van der Waals surface area contributed by atoms with Gasteiger partial charge in [0.2, 0.25) is 5.91 Å². The van der Waals surface area contributed by atoms with Crippen molar-refractivity contribution in [1.82, 2.24) is 5.32 Å². The van der Waals surface area contributed by atoms with Gasteiger partial charge in [-0.05, 0) is 47.0 Å². The van der Waals surface area contributed by atoms with Gasteiger partial charge in [-0.2, -0.15) is 5.26 Å². The zero-order valence-corrected chi connectivity index (χ0v) is 17.8. The number of nitriles is 1. The first-order valence-electron chi connectivity index (χ1n) is 10.1. The van der Waals surface area contributed by atoms with Gasteiger partial charge in [0.15, 0.2) is 18.1 Å². The Morgan fingerprint density at radius 1 is 0.969 bits per heavy atom. The highest BCUT2D eigenvalue weighted by molar-refractivity contribution is 5.91. The summed E-state index contributed by atoms with van der Waals surface area (Å²) in [5, 5.41) is 11.5. The number of benzene rings is 3. The maximum atomic E-state index is 12.2. The van der Waals surface area contributed by atoms with Crippen LogP contribution in [0.5, 0.6) is 17.2 Å². The number of carbonyl (C=O) groups excluding carboxylic acids is 1. The predicted octanol–water partition coefficient (Wildman–Crippen LogP) is 4.51. The first-order valence-corrected chi connectivity index (χ1v) is 10.1. The molecule has 162 valence electrons. The largest absolute Gasteiger partial charge is 0.493 e. The minimum absolute atomic E-state index is 0.0620. The highest BCUT2D eigenvalue weighted by atomic mass is 16.5. The Hall–Kier alpha value is -4.24. The summed E-state index contributed by atoms with van der Waals surface area (Å²) in [7, 11) is 1.52. The number of carbonyl (C=O) groups is 1. The molecule has 3 aromatic rings. The van der Waals surface area contributed by atoms with Crippen LogP contribution in [-0.4, -0.2) is 19.6 Å². The fourth-order valence-electron chi connectivity index (χ4n) is 2.95. The Morgan fingerprint density at radius 3 is 2.56 bits per heavy atom. The number of para-hydroxylation sites is 1. The minimum atomic E-state index is -0.209. The normalized spacial score (nSPS) is 10.4. The summed E-state index contributed by atoms with van der Waals surface area (Å²) in [6, 6.07) is 24.7. The van der Waals surface area contributed by atoms with Crippen molar-refractivity contribution in [3.63, 3.8) is 0 Å². The zero-order valence-electron chi connectivity index (χ0n) is 17.8. The molecule has 0 unspecified atom stereocenters. The third kappa shape index (κ3) is 6.92. The van der Waals surface area contributed by atoms with Gasteiger partial charge in [-0.25, -0.2) is 0 Å². The van der Waals surface area contributed by atoms with E-state index in [1.807, 2.05) is 60.7 Å². The van der Waals surface area contributed by atoms with Gasteiger partial charge in [-0.1, -0.05) is 48.5 Å². The van der Waals surface area contributed by atoms with Crippen molar-refractivity contribution in [3.8, 4) is 23.3 Å². The fraction of sp³-hybridized carbons (Fsp3) is 0.154. The summed E-state index contributed by atoms with van der Waals surface area (Å²) in [5.74, 6) is 1.58. The maximum Gasteiger partial charge on any atom is 0.244 e. The smallest absolute Gasteiger partial charge is 0.244 e. The number of rotatable bonds is 10. The summed E-state index contributed by atoms with van der Waals surface area (Å²) in [6.45, 7) is 0.807. The lowest BCUT2D eigenvalue weighted by molar-refractivity contribution is -0.116. The van der Waals surface area contributed by atoms with E-state index in [4.69, 9.17) is 19.5 Å². The third-order valence-corrected chi connectivity index (χ3v) is 4.51. The van der Waals surface area contributed by atoms with E-state index in [0.29, 0.717) is 24.7 Å². The minimum Gasteiger partial charge on any atom is -0.493 e. The van der Waals surface area contributed by atoms with Gasteiger partial charge in [-0.3, -0.25) is 4.79 Å². The molecule has 1 N–H and O–H groups in total. The second-order valence-electron chi connectivity index (χ2n) is 6.83. The first-order chi connectivity index (χ1) is 15.7. The maximum absolute atomic E-state index is 12.2. The quantitative estimate of drug-likeness (QED) is 0.481. The van der Waals surface area contributed by atoms with Crippen molar-refractivity contribution in [1.29, 1.82) is 5.26 Å². The van der Waals surface area contributed by atoms with Gasteiger partial charge in [0.05, 0.1) is 7.11 Å². The number of amides is 1. The molecule has 0 aliphatic heterocycles. The van der Waals surface area contributed by atoms with Crippen molar-refractivity contribution >= 4 is 12.0 Å². The van der Waals surface area contributed by atoms with Crippen LogP contribution in [0.15, 0.2) is 78.9 Å². The Morgan fingerprint density at radius 2 is 1.78 bits per heavy atom. The van der Waals surface area contributed by atoms with E-state index in [0.717, 1.165) is 22.4 Å². The molecule has 0 aliphatic rings. The molecular weight excluding hydrogens is 404 g/mol.